The lowest BCUT2D eigenvalue weighted by molar-refractivity contribution is -0.117. The first-order valence-electron chi connectivity index (χ1n) is 5.57. The molecule has 0 aliphatic carbocycles. The van der Waals surface area contributed by atoms with Crippen molar-refractivity contribution >= 4 is 5.91 Å². The van der Waals surface area contributed by atoms with E-state index in [0.29, 0.717) is 5.57 Å². The summed E-state index contributed by atoms with van der Waals surface area (Å²) < 4.78 is 0. The molecule has 0 spiro atoms. The van der Waals surface area contributed by atoms with Crippen LogP contribution in [0.15, 0.2) is 12.2 Å². The lowest BCUT2D eigenvalue weighted by atomic mass is 10.3. The van der Waals surface area contributed by atoms with Crippen molar-refractivity contribution < 1.29 is 4.79 Å². The van der Waals surface area contributed by atoms with Crippen molar-refractivity contribution in [3.63, 3.8) is 0 Å². The Morgan fingerprint density at radius 3 is 2.73 bits per heavy atom. The Bertz CT molecular complexity index is 222. The first-order valence-corrected chi connectivity index (χ1v) is 5.57. The molecule has 1 heterocycles. The van der Waals surface area contributed by atoms with E-state index in [2.05, 4.69) is 22.1 Å². The molecule has 1 saturated heterocycles. The number of nitrogens with one attached hydrogen (secondary N) is 2. The van der Waals surface area contributed by atoms with Crippen LogP contribution in [0.2, 0.25) is 0 Å². The number of carbonyl (C=O) groups is 1. The van der Waals surface area contributed by atoms with E-state index in [4.69, 9.17) is 0 Å². The number of carbonyl (C=O) groups excluding carboxylic acids is 1. The predicted molar refractivity (Wildman–Crippen MR) is 61.8 cm³/mol. The summed E-state index contributed by atoms with van der Waals surface area (Å²) in [6, 6.07) is 0. The molecule has 0 radical (unpaired) electrons. The monoisotopic (exact) mass is 211 g/mol. The van der Waals surface area contributed by atoms with Gasteiger partial charge in [-0.05, 0) is 19.9 Å². The largest absolute Gasteiger partial charge is 0.352 e. The van der Waals surface area contributed by atoms with Crippen LogP contribution >= 0.6 is 0 Å². The van der Waals surface area contributed by atoms with Crippen molar-refractivity contribution in [2.24, 2.45) is 0 Å². The molecule has 1 rings (SSSR count). The van der Waals surface area contributed by atoms with E-state index in [0.717, 1.165) is 45.7 Å². The van der Waals surface area contributed by atoms with Gasteiger partial charge in [0.2, 0.25) is 5.91 Å². The van der Waals surface area contributed by atoms with E-state index in [1.807, 2.05) is 0 Å². The Balaban J connectivity index is 2.01. The highest BCUT2D eigenvalue weighted by molar-refractivity contribution is 5.91. The fraction of sp³-hybridized carbons (Fsp3) is 0.727. The fourth-order valence-electron chi connectivity index (χ4n) is 1.59. The zero-order valence-corrected chi connectivity index (χ0v) is 9.51. The molecule has 0 bridgehead atoms. The van der Waals surface area contributed by atoms with Gasteiger partial charge in [0.25, 0.3) is 0 Å². The maximum atomic E-state index is 11.2. The second-order valence-electron chi connectivity index (χ2n) is 3.98. The number of hydrogen-bond donors (Lipinski definition) is 2. The number of amides is 1. The molecule has 0 aromatic rings. The summed E-state index contributed by atoms with van der Waals surface area (Å²) in [5, 5.41) is 6.16. The molecular weight excluding hydrogens is 190 g/mol. The molecule has 0 unspecified atom stereocenters. The van der Waals surface area contributed by atoms with Crippen molar-refractivity contribution in [1.29, 1.82) is 0 Å². The molecular formula is C11H21N3O. The van der Waals surface area contributed by atoms with E-state index >= 15 is 0 Å². The number of hydrogen-bond acceptors (Lipinski definition) is 3. The SMILES string of the molecule is C=C(C)C(=O)NCCCN1CCNCC1. The minimum absolute atomic E-state index is 0.0321. The Morgan fingerprint density at radius 2 is 2.13 bits per heavy atom. The van der Waals surface area contributed by atoms with Gasteiger partial charge in [0.05, 0.1) is 0 Å². The molecule has 4 heteroatoms. The van der Waals surface area contributed by atoms with Crippen molar-refractivity contribution in [3.8, 4) is 0 Å². The van der Waals surface area contributed by atoms with Crippen molar-refractivity contribution in [1.82, 2.24) is 15.5 Å². The lowest BCUT2D eigenvalue weighted by Crippen LogP contribution is -2.44. The van der Waals surface area contributed by atoms with Gasteiger partial charge in [0.1, 0.15) is 0 Å². The molecule has 15 heavy (non-hydrogen) atoms. The molecule has 4 nitrogen and oxygen atoms in total. The van der Waals surface area contributed by atoms with E-state index in [1.54, 1.807) is 6.92 Å². The molecule has 0 atom stereocenters. The summed E-state index contributed by atoms with van der Waals surface area (Å²) in [5.74, 6) is -0.0321. The third-order valence-corrected chi connectivity index (χ3v) is 2.53. The van der Waals surface area contributed by atoms with Crippen LogP contribution in [0.4, 0.5) is 0 Å². The Morgan fingerprint density at radius 1 is 1.47 bits per heavy atom. The van der Waals surface area contributed by atoms with Gasteiger partial charge < -0.3 is 15.5 Å². The second-order valence-corrected chi connectivity index (χ2v) is 3.98. The first kappa shape index (κ1) is 12.2. The van der Waals surface area contributed by atoms with Crippen LogP contribution in [0.25, 0.3) is 0 Å². The molecule has 1 amide bonds. The standard InChI is InChI=1S/C11H21N3O/c1-10(2)11(15)13-4-3-7-14-8-5-12-6-9-14/h12H,1,3-9H2,2H3,(H,13,15). The Hall–Kier alpha value is -0.870. The highest BCUT2D eigenvalue weighted by atomic mass is 16.1. The fourth-order valence-corrected chi connectivity index (χ4v) is 1.59. The normalized spacial score (nSPS) is 17.4. The Kier molecular flexibility index (Phi) is 5.36. The van der Waals surface area contributed by atoms with Gasteiger partial charge in [-0.1, -0.05) is 6.58 Å². The first-order chi connectivity index (χ1) is 7.20. The van der Waals surface area contributed by atoms with E-state index in [9.17, 15) is 4.79 Å². The van der Waals surface area contributed by atoms with Crippen molar-refractivity contribution in [2.75, 3.05) is 39.3 Å². The smallest absolute Gasteiger partial charge is 0.246 e. The van der Waals surface area contributed by atoms with Crippen LogP contribution in [-0.4, -0.2) is 50.1 Å². The highest BCUT2D eigenvalue weighted by Gasteiger charge is 2.08. The average Bonchev–Trinajstić information content (AvgIpc) is 2.25. The number of nitrogens with zero attached hydrogens (tertiary/aromatic N) is 1. The molecule has 0 aromatic carbocycles. The maximum absolute atomic E-state index is 11.2. The van der Waals surface area contributed by atoms with E-state index in [-0.39, 0.29) is 5.91 Å². The predicted octanol–water partition coefficient (Wildman–Crippen LogP) is -0.0260. The third kappa shape index (κ3) is 4.95. The molecule has 1 aliphatic heterocycles. The summed E-state index contributed by atoms with van der Waals surface area (Å²) in [5.41, 5.74) is 0.581. The minimum Gasteiger partial charge on any atom is -0.352 e. The summed E-state index contributed by atoms with van der Waals surface area (Å²) in [6.07, 6.45) is 1.01. The van der Waals surface area contributed by atoms with Gasteiger partial charge in [-0.25, -0.2) is 0 Å². The van der Waals surface area contributed by atoms with E-state index < -0.39 is 0 Å². The van der Waals surface area contributed by atoms with Crippen LogP contribution in [0, 0.1) is 0 Å². The van der Waals surface area contributed by atoms with Crippen LogP contribution in [-0.2, 0) is 4.79 Å². The zero-order chi connectivity index (χ0) is 11.1. The molecule has 1 aliphatic rings. The van der Waals surface area contributed by atoms with Gasteiger partial charge >= 0.3 is 0 Å². The number of piperazine rings is 1. The number of rotatable bonds is 5. The molecule has 0 saturated carbocycles. The summed E-state index contributed by atoms with van der Waals surface area (Å²) >= 11 is 0. The summed E-state index contributed by atoms with van der Waals surface area (Å²) in [4.78, 5) is 13.6. The van der Waals surface area contributed by atoms with Crippen LogP contribution in [0.5, 0.6) is 0 Å². The van der Waals surface area contributed by atoms with E-state index in [1.165, 1.54) is 0 Å². The summed E-state index contributed by atoms with van der Waals surface area (Å²) in [6.45, 7) is 11.5. The molecule has 0 aromatic heterocycles. The Labute approximate surface area is 91.7 Å². The van der Waals surface area contributed by atoms with Gasteiger partial charge in [0.15, 0.2) is 0 Å². The average molecular weight is 211 g/mol. The highest BCUT2D eigenvalue weighted by Crippen LogP contribution is 1.94. The molecule has 2 N–H and O–H groups in total. The zero-order valence-electron chi connectivity index (χ0n) is 9.51. The minimum atomic E-state index is -0.0321. The van der Waals surface area contributed by atoms with Crippen LogP contribution in [0.1, 0.15) is 13.3 Å². The second kappa shape index (κ2) is 6.58. The maximum Gasteiger partial charge on any atom is 0.246 e. The van der Waals surface area contributed by atoms with Gasteiger partial charge in [0, 0.05) is 38.3 Å². The van der Waals surface area contributed by atoms with Gasteiger partial charge in [-0.2, -0.15) is 0 Å². The van der Waals surface area contributed by atoms with Gasteiger partial charge in [-0.15, -0.1) is 0 Å². The quantitative estimate of drug-likeness (QED) is 0.496. The third-order valence-electron chi connectivity index (χ3n) is 2.53. The summed E-state index contributed by atoms with van der Waals surface area (Å²) in [7, 11) is 0. The molecule has 86 valence electrons. The van der Waals surface area contributed by atoms with Crippen molar-refractivity contribution in [3.05, 3.63) is 12.2 Å². The van der Waals surface area contributed by atoms with Crippen LogP contribution < -0.4 is 10.6 Å². The van der Waals surface area contributed by atoms with Crippen LogP contribution in [0.3, 0.4) is 0 Å². The molecule has 1 fully saturated rings. The lowest BCUT2D eigenvalue weighted by Gasteiger charge is -2.27. The van der Waals surface area contributed by atoms with Crippen molar-refractivity contribution in [2.45, 2.75) is 13.3 Å². The van der Waals surface area contributed by atoms with Gasteiger partial charge in [-0.3, -0.25) is 4.79 Å². The topological polar surface area (TPSA) is 44.4 Å².